The van der Waals surface area contributed by atoms with Crippen LogP contribution in [0.2, 0.25) is 0 Å². The predicted molar refractivity (Wildman–Crippen MR) is 166 cm³/mol. The lowest BCUT2D eigenvalue weighted by Gasteiger charge is -2.39. The van der Waals surface area contributed by atoms with Gasteiger partial charge in [0.2, 0.25) is 6.79 Å². The minimum atomic E-state index is -4.39. The molecule has 14 heteroatoms. The fourth-order valence-corrected chi connectivity index (χ4v) is 6.18. The van der Waals surface area contributed by atoms with Crippen LogP contribution in [0.15, 0.2) is 47.4 Å². The first-order valence-corrected chi connectivity index (χ1v) is 16.3. The molecule has 0 spiro atoms. The second-order valence-corrected chi connectivity index (χ2v) is 14.0. The molecular formula is C31H45N3O10S. The van der Waals surface area contributed by atoms with Crippen molar-refractivity contribution in [2.24, 2.45) is 5.92 Å². The van der Waals surface area contributed by atoms with Gasteiger partial charge in [-0.2, -0.15) is 0 Å². The van der Waals surface area contributed by atoms with E-state index in [0.717, 1.165) is 4.41 Å². The first-order chi connectivity index (χ1) is 21.1. The number of hydrogen-bond donors (Lipinski definition) is 3. The first-order valence-electron chi connectivity index (χ1n) is 14.9. The summed E-state index contributed by atoms with van der Waals surface area (Å²) >= 11 is 0. The van der Waals surface area contributed by atoms with E-state index in [9.17, 15) is 28.2 Å². The van der Waals surface area contributed by atoms with E-state index in [1.54, 1.807) is 58.9 Å². The Kier molecular flexibility index (Phi) is 12.3. The Bertz CT molecular complexity index is 1390. The van der Waals surface area contributed by atoms with Crippen molar-refractivity contribution in [2.75, 3.05) is 26.5 Å². The Labute approximate surface area is 265 Å². The van der Waals surface area contributed by atoms with Gasteiger partial charge in [-0.25, -0.2) is 23.0 Å². The summed E-state index contributed by atoms with van der Waals surface area (Å²) in [6.45, 7) is 11.1. The molecule has 0 saturated heterocycles. The van der Waals surface area contributed by atoms with Crippen molar-refractivity contribution >= 4 is 22.2 Å². The highest BCUT2D eigenvalue weighted by molar-refractivity contribution is 7.89. The van der Waals surface area contributed by atoms with Crippen LogP contribution in [0.25, 0.3) is 0 Å². The van der Waals surface area contributed by atoms with Gasteiger partial charge in [-0.05, 0) is 82.7 Å². The molecule has 0 fully saturated rings. The van der Waals surface area contributed by atoms with E-state index in [2.05, 4.69) is 5.32 Å². The lowest BCUT2D eigenvalue weighted by atomic mass is 10.0. The summed E-state index contributed by atoms with van der Waals surface area (Å²) in [6.07, 6.45) is -1.78. The Morgan fingerprint density at radius 2 is 1.69 bits per heavy atom. The zero-order valence-corrected chi connectivity index (χ0v) is 27.5. The van der Waals surface area contributed by atoms with Crippen molar-refractivity contribution in [1.29, 1.82) is 0 Å². The molecule has 2 atom stereocenters. The monoisotopic (exact) mass is 651 g/mol. The van der Waals surface area contributed by atoms with Gasteiger partial charge in [-0.15, -0.1) is 4.41 Å². The number of nitrogens with one attached hydrogen (secondary N) is 1. The SMILES string of the molecule is CC(C)CN(N(C(=O)O)C(Cc1ccc(OCCCCNC(=O)OC(C)(C)C)cc1)C(C)O)S(=O)(=O)c1ccc2c(c1)OCO2. The maximum absolute atomic E-state index is 13.9. The topological polar surface area (TPSA) is 164 Å². The molecule has 250 valence electrons. The molecule has 0 bridgehead atoms. The predicted octanol–water partition coefficient (Wildman–Crippen LogP) is 4.63. The molecule has 0 aromatic heterocycles. The van der Waals surface area contributed by atoms with Crippen molar-refractivity contribution in [3.63, 3.8) is 0 Å². The Balaban J connectivity index is 1.69. The molecule has 2 unspecified atom stereocenters. The zero-order valence-electron chi connectivity index (χ0n) is 26.7. The van der Waals surface area contributed by atoms with Gasteiger partial charge in [0.25, 0.3) is 10.0 Å². The summed E-state index contributed by atoms with van der Waals surface area (Å²) in [4.78, 5) is 24.2. The minimum Gasteiger partial charge on any atom is -0.494 e. The fourth-order valence-electron chi connectivity index (χ4n) is 4.52. The van der Waals surface area contributed by atoms with E-state index in [0.29, 0.717) is 48.1 Å². The first kappa shape index (κ1) is 35.7. The number of ether oxygens (including phenoxy) is 4. The highest BCUT2D eigenvalue weighted by Crippen LogP contribution is 2.35. The number of aliphatic hydroxyl groups is 1. The highest BCUT2D eigenvalue weighted by atomic mass is 32.2. The Morgan fingerprint density at radius 1 is 1.02 bits per heavy atom. The van der Waals surface area contributed by atoms with Gasteiger partial charge >= 0.3 is 12.2 Å². The van der Waals surface area contributed by atoms with Crippen LogP contribution >= 0.6 is 0 Å². The number of nitrogens with zero attached hydrogens (tertiary/aromatic N) is 2. The third-order valence-electron chi connectivity index (χ3n) is 6.62. The van der Waals surface area contributed by atoms with Crippen molar-refractivity contribution < 1.29 is 47.2 Å². The number of unbranched alkanes of at least 4 members (excludes halogenated alkanes) is 1. The molecule has 0 radical (unpaired) electrons. The summed E-state index contributed by atoms with van der Waals surface area (Å²) in [6, 6.07) is 9.92. The molecular weight excluding hydrogens is 606 g/mol. The van der Waals surface area contributed by atoms with Crippen LogP contribution in [-0.2, 0) is 21.2 Å². The number of hydrogen-bond acceptors (Lipinski definition) is 9. The Hall–Kier alpha value is -3.75. The van der Waals surface area contributed by atoms with Gasteiger partial charge < -0.3 is 34.5 Å². The maximum atomic E-state index is 13.9. The van der Waals surface area contributed by atoms with Crippen molar-refractivity contribution in [2.45, 2.75) is 83.4 Å². The molecule has 1 heterocycles. The number of benzene rings is 2. The number of carboxylic acid groups (broad SMARTS) is 1. The van der Waals surface area contributed by atoms with Crippen LogP contribution in [0.4, 0.5) is 9.59 Å². The third-order valence-corrected chi connectivity index (χ3v) is 8.35. The summed E-state index contributed by atoms with van der Waals surface area (Å²) < 4.78 is 50.2. The quantitative estimate of drug-likeness (QED) is 0.183. The molecule has 13 nitrogen and oxygen atoms in total. The van der Waals surface area contributed by atoms with E-state index in [4.69, 9.17) is 18.9 Å². The van der Waals surface area contributed by atoms with Gasteiger partial charge in [0.15, 0.2) is 11.5 Å². The number of fused-ring (bicyclic) bond motifs is 1. The van der Waals surface area contributed by atoms with Crippen LogP contribution in [-0.4, -0.2) is 84.5 Å². The second-order valence-electron chi connectivity index (χ2n) is 12.2. The maximum Gasteiger partial charge on any atom is 0.423 e. The summed E-state index contributed by atoms with van der Waals surface area (Å²) in [7, 11) is -4.39. The van der Waals surface area contributed by atoms with E-state index in [-0.39, 0.29) is 36.3 Å². The molecule has 2 aromatic carbocycles. The van der Waals surface area contributed by atoms with Gasteiger partial charge in [0.05, 0.1) is 23.6 Å². The number of alkyl carbamates (subject to hydrolysis) is 1. The lowest BCUT2D eigenvalue weighted by molar-refractivity contribution is -0.0277. The number of sulfonamides is 1. The standard InChI is InChI=1S/C31H45N3O10S/c1-21(2)19-33(45(39,40)25-13-14-27-28(18-25)43-20-42-27)34(30(37)38)26(22(3)35)17-23-9-11-24(12-10-23)41-16-8-7-15-32-29(36)44-31(4,5)6/h9-14,18,21-22,26,35H,7-8,15-17,19-20H2,1-6H3,(H,32,36)(H,37,38). The van der Waals surface area contributed by atoms with Crippen LogP contribution in [0.1, 0.15) is 59.9 Å². The summed E-state index contributed by atoms with van der Waals surface area (Å²) in [5, 5.41) is 24.5. The van der Waals surface area contributed by atoms with Crippen LogP contribution in [0.5, 0.6) is 17.2 Å². The van der Waals surface area contributed by atoms with Crippen LogP contribution in [0.3, 0.4) is 0 Å². The normalized spacial score (nSPS) is 14.2. The molecule has 1 aliphatic heterocycles. The molecule has 2 aromatic rings. The number of carbonyl (C=O) groups is 2. The average Bonchev–Trinajstić information content (AvgIpc) is 3.41. The number of amides is 2. The molecule has 0 aliphatic carbocycles. The van der Waals surface area contributed by atoms with E-state index in [1.165, 1.54) is 25.1 Å². The zero-order chi connectivity index (χ0) is 33.4. The number of aliphatic hydroxyl groups excluding tert-OH is 1. The van der Waals surface area contributed by atoms with Gasteiger partial charge in [-0.3, -0.25) is 0 Å². The smallest absolute Gasteiger partial charge is 0.423 e. The third kappa shape index (κ3) is 10.4. The number of rotatable bonds is 15. The van der Waals surface area contributed by atoms with E-state index in [1.807, 2.05) is 0 Å². The van der Waals surface area contributed by atoms with E-state index >= 15 is 0 Å². The van der Waals surface area contributed by atoms with E-state index < -0.39 is 40.0 Å². The van der Waals surface area contributed by atoms with Gasteiger partial charge in [0, 0.05) is 19.2 Å². The fraction of sp³-hybridized carbons (Fsp3) is 0.548. The van der Waals surface area contributed by atoms with Crippen molar-refractivity contribution in [1.82, 2.24) is 14.7 Å². The highest BCUT2D eigenvalue weighted by Gasteiger charge is 2.40. The molecule has 0 saturated carbocycles. The molecule has 3 N–H and O–H groups in total. The largest absolute Gasteiger partial charge is 0.494 e. The Morgan fingerprint density at radius 3 is 2.29 bits per heavy atom. The van der Waals surface area contributed by atoms with Crippen molar-refractivity contribution in [3.8, 4) is 17.2 Å². The second kappa shape index (κ2) is 15.5. The minimum absolute atomic E-state index is 0.0336. The van der Waals surface area contributed by atoms with Gasteiger partial charge in [0.1, 0.15) is 11.4 Å². The molecule has 45 heavy (non-hydrogen) atoms. The van der Waals surface area contributed by atoms with Crippen molar-refractivity contribution in [3.05, 3.63) is 48.0 Å². The molecule has 3 rings (SSSR count). The lowest BCUT2D eigenvalue weighted by Crippen LogP contribution is -2.58. The number of hydrazine groups is 1. The summed E-state index contributed by atoms with van der Waals surface area (Å²) in [5.74, 6) is 0.988. The van der Waals surface area contributed by atoms with Crippen LogP contribution in [0, 0.1) is 5.92 Å². The van der Waals surface area contributed by atoms with Gasteiger partial charge in [-0.1, -0.05) is 26.0 Å². The molecule has 2 amide bonds. The average molecular weight is 652 g/mol. The number of carbonyl (C=O) groups excluding carboxylic acids is 1. The summed E-state index contributed by atoms with van der Waals surface area (Å²) in [5.41, 5.74) is 0.117. The molecule has 1 aliphatic rings. The van der Waals surface area contributed by atoms with Crippen LogP contribution < -0.4 is 19.5 Å².